The summed E-state index contributed by atoms with van der Waals surface area (Å²) in [6.07, 6.45) is 0. The Labute approximate surface area is 139 Å². The molecule has 1 aromatic carbocycles. The van der Waals surface area contributed by atoms with Gasteiger partial charge in [-0.05, 0) is 37.5 Å². The van der Waals surface area contributed by atoms with Crippen molar-refractivity contribution in [3.05, 3.63) is 29.8 Å². The molecule has 1 rings (SSSR count). The van der Waals surface area contributed by atoms with Gasteiger partial charge in [-0.2, -0.15) is 0 Å². The molecule has 0 radical (unpaired) electrons. The number of nitrogens with two attached hydrogens (primary N) is 1. The van der Waals surface area contributed by atoms with Gasteiger partial charge in [0.05, 0.1) is 13.2 Å². The molecule has 1 aromatic rings. The molecule has 114 valence electrons. The van der Waals surface area contributed by atoms with Crippen LogP contribution in [0.2, 0.25) is 0 Å². The lowest BCUT2D eigenvalue weighted by molar-refractivity contribution is 0.271. The predicted molar refractivity (Wildman–Crippen MR) is 95.8 cm³/mol. The topological polar surface area (TPSA) is 59.6 Å². The van der Waals surface area contributed by atoms with E-state index >= 15 is 0 Å². The number of nitrogens with one attached hydrogen (secondary N) is 1. The lowest BCUT2D eigenvalue weighted by Gasteiger charge is -2.10. The number of hydrogen-bond acceptors (Lipinski definition) is 2. The monoisotopic (exact) mass is 391 g/mol. The molecule has 3 N–H and O–H groups in total. The third kappa shape index (κ3) is 8.24. The van der Waals surface area contributed by atoms with E-state index in [0.717, 1.165) is 17.9 Å². The summed E-state index contributed by atoms with van der Waals surface area (Å²) in [6, 6.07) is 8.27. The highest BCUT2D eigenvalue weighted by atomic mass is 127. The van der Waals surface area contributed by atoms with Gasteiger partial charge >= 0.3 is 0 Å². The Morgan fingerprint density at radius 1 is 1.30 bits per heavy atom. The van der Waals surface area contributed by atoms with Crippen molar-refractivity contribution in [2.45, 2.75) is 40.3 Å². The van der Waals surface area contributed by atoms with Crippen molar-refractivity contribution in [3.63, 3.8) is 0 Å². The van der Waals surface area contributed by atoms with Crippen LogP contribution in [-0.4, -0.2) is 18.6 Å². The average molecular weight is 391 g/mol. The van der Waals surface area contributed by atoms with Crippen LogP contribution in [0.1, 0.15) is 33.3 Å². The molecule has 0 saturated heterocycles. The van der Waals surface area contributed by atoms with E-state index in [1.807, 2.05) is 38.1 Å². The van der Waals surface area contributed by atoms with Crippen LogP contribution in [0.4, 0.5) is 0 Å². The fraction of sp³-hybridized carbons (Fsp3) is 0.533. The molecule has 4 nitrogen and oxygen atoms in total. The first-order valence-corrected chi connectivity index (χ1v) is 6.75. The highest BCUT2D eigenvalue weighted by Gasteiger charge is 2.00. The molecule has 0 aliphatic heterocycles. The molecule has 0 saturated carbocycles. The van der Waals surface area contributed by atoms with Gasteiger partial charge in [0.1, 0.15) is 5.75 Å². The Balaban J connectivity index is 0.00000361. The first-order chi connectivity index (χ1) is 8.97. The average Bonchev–Trinajstić information content (AvgIpc) is 2.34. The molecule has 0 spiro atoms. The summed E-state index contributed by atoms with van der Waals surface area (Å²) in [5.41, 5.74) is 6.86. The number of nitrogens with zero attached hydrogens (tertiary/aromatic N) is 1. The van der Waals surface area contributed by atoms with Crippen LogP contribution in [0.5, 0.6) is 5.75 Å². The minimum absolute atomic E-state index is 0. The fourth-order valence-electron chi connectivity index (χ4n) is 1.51. The molecule has 0 amide bonds. The van der Waals surface area contributed by atoms with E-state index < -0.39 is 0 Å². The third-order valence-corrected chi connectivity index (χ3v) is 2.35. The summed E-state index contributed by atoms with van der Waals surface area (Å²) in [6.45, 7) is 9.61. The summed E-state index contributed by atoms with van der Waals surface area (Å²) >= 11 is 0. The van der Waals surface area contributed by atoms with Crippen molar-refractivity contribution >= 4 is 29.9 Å². The molecule has 0 aliphatic carbocycles. The molecular weight excluding hydrogens is 365 g/mol. The summed E-state index contributed by atoms with van der Waals surface area (Å²) in [7, 11) is 0. The zero-order chi connectivity index (χ0) is 14.3. The van der Waals surface area contributed by atoms with E-state index in [2.05, 4.69) is 24.2 Å². The van der Waals surface area contributed by atoms with E-state index in [1.54, 1.807) is 0 Å². The maximum atomic E-state index is 5.77. The van der Waals surface area contributed by atoms with Crippen LogP contribution in [0, 0.1) is 5.92 Å². The normalized spacial score (nSPS) is 11.4. The van der Waals surface area contributed by atoms with E-state index in [-0.39, 0.29) is 24.0 Å². The largest absolute Gasteiger partial charge is 0.493 e. The Bertz CT molecular complexity index is 419. The summed E-state index contributed by atoms with van der Waals surface area (Å²) in [5, 5.41) is 3.06. The zero-order valence-corrected chi connectivity index (χ0v) is 15.0. The predicted octanol–water partition coefficient (Wildman–Crippen LogP) is 3.15. The Morgan fingerprint density at radius 2 is 2.00 bits per heavy atom. The van der Waals surface area contributed by atoms with Gasteiger partial charge in [-0.25, -0.2) is 4.99 Å². The lowest BCUT2D eigenvalue weighted by atomic mass is 10.2. The van der Waals surface area contributed by atoms with Crippen molar-refractivity contribution in [2.24, 2.45) is 16.6 Å². The number of rotatable bonds is 6. The molecular formula is C15H26IN3O. The molecule has 0 aliphatic rings. The van der Waals surface area contributed by atoms with Gasteiger partial charge in [0.25, 0.3) is 0 Å². The smallest absolute Gasteiger partial charge is 0.189 e. The van der Waals surface area contributed by atoms with Gasteiger partial charge in [-0.3, -0.25) is 0 Å². The van der Waals surface area contributed by atoms with Crippen molar-refractivity contribution < 1.29 is 4.74 Å². The van der Waals surface area contributed by atoms with Gasteiger partial charge in [0.15, 0.2) is 5.96 Å². The number of guanidine groups is 1. The lowest BCUT2D eigenvalue weighted by Crippen LogP contribution is -2.36. The van der Waals surface area contributed by atoms with E-state index in [9.17, 15) is 0 Å². The fourth-order valence-corrected chi connectivity index (χ4v) is 1.51. The zero-order valence-electron chi connectivity index (χ0n) is 12.7. The van der Waals surface area contributed by atoms with Crippen LogP contribution >= 0.6 is 24.0 Å². The molecule has 0 unspecified atom stereocenters. The highest BCUT2D eigenvalue weighted by Crippen LogP contribution is 2.14. The van der Waals surface area contributed by atoms with Crippen molar-refractivity contribution in [2.75, 3.05) is 6.61 Å². The van der Waals surface area contributed by atoms with Crippen molar-refractivity contribution in [1.29, 1.82) is 0 Å². The number of aliphatic imine (C=N–C) groups is 1. The van der Waals surface area contributed by atoms with Crippen LogP contribution < -0.4 is 15.8 Å². The van der Waals surface area contributed by atoms with E-state index in [4.69, 9.17) is 10.5 Å². The van der Waals surface area contributed by atoms with Gasteiger partial charge < -0.3 is 15.8 Å². The van der Waals surface area contributed by atoms with E-state index in [0.29, 0.717) is 24.5 Å². The molecule has 0 aromatic heterocycles. The second kappa shape index (κ2) is 9.85. The number of halogens is 1. The molecule has 0 atom stereocenters. The van der Waals surface area contributed by atoms with Crippen molar-refractivity contribution in [1.82, 2.24) is 5.32 Å². The first-order valence-electron chi connectivity index (χ1n) is 6.75. The molecule has 20 heavy (non-hydrogen) atoms. The van der Waals surface area contributed by atoms with Crippen molar-refractivity contribution in [3.8, 4) is 5.75 Å². The third-order valence-electron chi connectivity index (χ3n) is 2.35. The van der Waals surface area contributed by atoms with Gasteiger partial charge in [0.2, 0.25) is 0 Å². The second-order valence-electron chi connectivity index (χ2n) is 5.35. The standard InChI is InChI=1S/C15H25N3O.HI/c1-11(2)10-19-14-7-5-6-13(8-14)9-17-15(16)18-12(3)4;/h5-8,11-12H,9-10H2,1-4H3,(H3,16,17,18);1H. The van der Waals surface area contributed by atoms with Gasteiger partial charge in [-0.15, -0.1) is 24.0 Å². The number of benzene rings is 1. The maximum absolute atomic E-state index is 5.77. The van der Waals surface area contributed by atoms with Crippen LogP contribution in [-0.2, 0) is 6.54 Å². The highest BCUT2D eigenvalue weighted by molar-refractivity contribution is 14.0. The second-order valence-corrected chi connectivity index (χ2v) is 5.35. The molecule has 5 heteroatoms. The van der Waals surface area contributed by atoms with Crippen LogP contribution in [0.15, 0.2) is 29.3 Å². The number of ether oxygens (including phenoxy) is 1. The molecule has 0 bridgehead atoms. The SMILES string of the molecule is CC(C)COc1cccc(CN=C(N)NC(C)C)c1.I. The van der Waals surface area contributed by atoms with Crippen LogP contribution in [0.25, 0.3) is 0 Å². The summed E-state index contributed by atoms with van der Waals surface area (Å²) in [5.74, 6) is 1.88. The first kappa shape index (κ1) is 19.0. The minimum Gasteiger partial charge on any atom is -0.493 e. The Morgan fingerprint density at radius 3 is 2.60 bits per heavy atom. The Hall–Kier alpha value is -0.980. The quantitative estimate of drug-likeness (QED) is 0.445. The summed E-state index contributed by atoms with van der Waals surface area (Å²) in [4.78, 5) is 4.30. The summed E-state index contributed by atoms with van der Waals surface area (Å²) < 4.78 is 5.68. The minimum atomic E-state index is 0. The van der Waals surface area contributed by atoms with Gasteiger partial charge in [0, 0.05) is 6.04 Å². The maximum Gasteiger partial charge on any atom is 0.189 e. The van der Waals surface area contributed by atoms with Gasteiger partial charge in [-0.1, -0.05) is 26.0 Å². The Kier molecular flexibility index (Phi) is 9.37. The van der Waals surface area contributed by atoms with E-state index in [1.165, 1.54) is 0 Å². The van der Waals surface area contributed by atoms with Crippen LogP contribution in [0.3, 0.4) is 0 Å². The number of hydrogen-bond donors (Lipinski definition) is 2. The molecule has 0 fully saturated rings. The molecule has 0 heterocycles.